The smallest absolute Gasteiger partial charge is 0.261 e. The van der Waals surface area contributed by atoms with Crippen LogP contribution in [-0.4, -0.2) is 65.2 Å². The largest absolute Gasteiger partial charge is 0.383 e. The van der Waals surface area contributed by atoms with E-state index in [9.17, 15) is 9.59 Å². The molecule has 2 aromatic rings. The first-order valence-electron chi connectivity index (χ1n) is 9.95. The third-order valence-corrected chi connectivity index (χ3v) is 5.45. The Morgan fingerprint density at radius 3 is 2.46 bits per heavy atom. The van der Waals surface area contributed by atoms with Gasteiger partial charge in [0.1, 0.15) is 5.82 Å². The van der Waals surface area contributed by atoms with E-state index in [0.29, 0.717) is 31.6 Å². The average molecular weight is 386 g/mol. The summed E-state index contributed by atoms with van der Waals surface area (Å²) in [4.78, 5) is 34.4. The fourth-order valence-electron chi connectivity index (χ4n) is 3.76. The van der Waals surface area contributed by atoms with Crippen molar-refractivity contribution >= 4 is 16.8 Å². The van der Waals surface area contributed by atoms with Gasteiger partial charge in [0.05, 0.1) is 30.1 Å². The van der Waals surface area contributed by atoms with Gasteiger partial charge in [0.2, 0.25) is 5.91 Å². The minimum Gasteiger partial charge on any atom is -0.383 e. The Hall–Kier alpha value is -2.25. The van der Waals surface area contributed by atoms with Crippen LogP contribution in [0.1, 0.15) is 32.6 Å². The Morgan fingerprint density at radius 2 is 1.82 bits per heavy atom. The lowest BCUT2D eigenvalue weighted by atomic mass is 10.1. The molecule has 1 aromatic carbocycles. The zero-order valence-corrected chi connectivity index (χ0v) is 17.2. The molecule has 0 N–H and O–H groups in total. The van der Waals surface area contributed by atoms with Crippen molar-refractivity contribution in [3.8, 4) is 0 Å². The molecule has 7 heteroatoms. The summed E-state index contributed by atoms with van der Waals surface area (Å²) in [6.45, 7) is 9.83. The van der Waals surface area contributed by atoms with Crippen molar-refractivity contribution in [2.45, 2.75) is 33.4 Å². The molecule has 1 unspecified atom stereocenters. The molecule has 0 radical (unpaired) electrons. The predicted molar refractivity (Wildman–Crippen MR) is 109 cm³/mol. The summed E-state index contributed by atoms with van der Waals surface area (Å²) in [6.07, 6.45) is 0. The third kappa shape index (κ3) is 4.10. The van der Waals surface area contributed by atoms with Gasteiger partial charge >= 0.3 is 0 Å². The predicted octanol–water partition coefficient (Wildman–Crippen LogP) is 1.90. The van der Waals surface area contributed by atoms with Crippen LogP contribution >= 0.6 is 0 Å². The van der Waals surface area contributed by atoms with Crippen molar-refractivity contribution in [2.24, 2.45) is 5.92 Å². The van der Waals surface area contributed by atoms with Crippen LogP contribution in [0, 0.1) is 5.92 Å². The zero-order valence-electron chi connectivity index (χ0n) is 17.2. The van der Waals surface area contributed by atoms with Crippen molar-refractivity contribution in [3.05, 3.63) is 40.4 Å². The molecule has 1 aliphatic heterocycles. The molecule has 1 fully saturated rings. The number of methoxy groups -OCH3 is 1. The summed E-state index contributed by atoms with van der Waals surface area (Å²) in [5, 5.41) is 0.627. The number of hydrogen-bond donors (Lipinski definition) is 0. The molecule has 1 atom stereocenters. The quantitative estimate of drug-likeness (QED) is 0.759. The fourth-order valence-corrected chi connectivity index (χ4v) is 3.76. The van der Waals surface area contributed by atoms with Gasteiger partial charge in [-0.3, -0.25) is 19.1 Å². The number of aromatic nitrogens is 2. The third-order valence-electron chi connectivity index (χ3n) is 5.45. The van der Waals surface area contributed by atoms with Crippen LogP contribution in [0.3, 0.4) is 0 Å². The van der Waals surface area contributed by atoms with E-state index in [1.54, 1.807) is 11.7 Å². The molecule has 152 valence electrons. The van der Waals surface area contributed by atoms with Gasteiger partial charge in [-0.15, -0.1) is 0 Å². The molecule has 1 aliphatic rings. The maximum atomic E-state index is 13.1. The van der Waals surface area contributed by atoms with Gasteiger partial charge in [0.25, 0.3) is 5.56 Å². The highest BCUT2D eigenvalue weighted by atomic mass is 16.5. The maximum absolute atomic E-state index is 13.1. The van der Waals surface area contributed by atoms with Gasteiger partial charge in [0, 0.05) is 39.2 Å². The Bertz CT molecular complexity index is 885. The van der Waals surface area contributed by atoms with Crippen molar-refractivity contribution in [1.29, 1.82) is 0 Å². The van der Waals surface area contributed by atoms with Crippen LogP contribution in [-0.2, 0) is 16.1 Å². The first-order chi connectivity index (χ1) is 13.4. The molecule has 0 spiro atoms. The van der Waals surface area contributed by atoms with Crippen LogP contribution < -0.4 is 5.56 Å². The highest BCUT2D eigenvalue weighted by molar-refractivity contribution is 5.78. The van der Waals surface area contributed by atoms with E-state index in [2.05, 4.69) is 11.8 Å². The topological polar surface area (TPSA) is 67.7 Å². The second kappa shape index (κ2) is 8.84. The Balaban J connectivity index is 1.88. The molecule has 2 heterocycles. The van der Waals surface area contributed by atoms with E-state index in [0.717, 1.165) is 24.4 Å². The maximum Gasteiger partial charge on any atom is 0.261 e. The van der Waals surface area contributed by atoms with Gasteiger partial charge in [0.15, 0.2) is 0 Å². The first-order valence-corrected chi connectivity index (χ1v) is 9.95. The minimum absolute atomic E-state index is 0.0188. The summed E-state index contributed by atoms with van der Waals surface area (Å²) in [7, 11) is 1.63. The molecule has 0 bridgehead atoms. The number of carbonyl (C=O) groups excluding carboxylic acids is 1. The van der Waals surface area contributed by atoms with Gasteiger partial charge < -0.3 is 9.64 Å². The van der Waals surface area contributed by atoms with E-state index >= 15 is 0 Å². The average Bonchev–Trinajstić information content (AvgIpc) is 2.72. The number of hydrogen-bond acceptors (Lipinski definition) is 5. The number of nitrogens with zero attached hydrogens (tertiary/aromatic N) is 4. The second-order valence-corrected chi connectivity index (χ2v) is 7.63. The molecule has 7 nitrogen and oxygen atoms in total. The van der Waals surface area contributed by atoms with E-state index in [4.69, 9.17) is 9.72 Å². The number of benzene rings is 1. The summed E-state index contributed by atoms with van der Waals surface area (Å²) < 4.78 is 6.95. The molecule has 1 saturated heterocycles. The number of ether oxygens (including phenoxy) is 1. The first kappa shape index (κ1) is 20.5. The van der Waals surface area contributed by atoms with E-state index in [1.165, 1.54) is 0 Å². The summed E-state index contributed by atoms with van der Waals surface area (Å²) >= 11 is 0. The lowest BCUT2D eigenvalue weighted by Gasteiger charge is -2.38. The van der Waals surface area contributed by atoms with Gasteiger partial charge in [-0.05, 0) is 19.1 Å². The SMILES string of the molecule is COCCn1c(C(C)N2CCN(C(=O)C(C)C)CC2)nc2ccccc2c1=O. The van der Waals surface area contributed by atoms with Crippen LogP contribution in [0.5, 0.6) is 0 Å². The molecular weight excluding hydrogens is 356 g/mol. The highest BCUT2D eigenvalue weighted by Crippen LogP contribution is 2.22. The molecule has 0 aliphatic carbocycles. The van der Waals surface area contributed by atoms with Crippen LogP contribution in [0.2, 0.25) is 0 Å². The van der Waals surface area contributed by atoms with Crippen molar-refractivity contribution in [3.63, 3.8) is 0 Å². The number of carbonyl (C=O) groups is 1. The Kier molecular flexibility index (Phi) is 6.46. The molecule has 28 heavy (non-hydrogen) atoms. The summed E-state index contributed by atoms with van der Waals surface area (Å²) in [5.41, 5.74) is 0.690. The molecular formula is C21H30N4O3. The van der Waals surface area contributed by atoms with E-state index in [1.807, 2.05) is 43.0 Å². The Morgan fingerprint density at radius 1 is 1.14 bits per heavy atom. The number of para-hydroxylation sites is 1. The number of fused-ring (bicyclic) bond motifs is 1. The van der Waals surface area contributed by atoms with Gasteiger partial charge in [-0.1, -0.05) is 26.0 Å². The van der Waals surface area contributed by atoms with Crippen LogP contribution in [0.25, 0.3) is 10.9 Å². The standard InChI is InChI=1S/C21H30N4O3/c1-15(2)20(26)24-11-9-23(10-12-24)16(3)19-22-18-8-6-5-7-17(18)21(27)25(19)13-14-28-4/h5-8,15-16H,9-14H2,1-4H3. The second-order valence-electron chi connectivity index (χ2n) is 7.63. The normalized spacial score (nSPS) is 16.7. The van der Waals surface area contributed by atoms with Gasteiger partial charge in [-0.25, -0.2) is 4.98 Å². The lowest BCUT2D eigenvalue weighted by molar-refractivity contribution is -0.136. The van der Waals surface area contributed by atoms with Crippen LogP contribution in [0.4, 0.5) is 0 Å². The van der Waals surface area contributed by atoms with Crippen molar-refractivity contribution < 1.29 is 9.53 Å². The monoisotopic (exact) mass is 386 g/mol. The minimum atomic E-state index is -0.0295. The van der Waals surface area contributed by atoms with Crippen LogP contribution in [0.15, 0.2) is 29.1 Å². The lowest BCUT2D eigenvalue weighted by Crippen LogP contribution is -2.51. The molecule has 3 rings (SSSR count). The number of piperazine rings is 1. The molecule has 1 amide bonds. The summed E-state index contributed by atoms with van der Waals surface area (Å²) in [6, 6.07) is 7.44. The molecule has 1 aromatic heterocycles. The Labute approximate surface area is 165 Å². The van der Waals surface area contributed by atoms with Gasteiger partial charge in [-0.2, -0.15) is 0 Å². The highest BCUT2D eigenvalue weighted by Gasteiger charge is 2.28. The fraction of sp³-hybridized carbons (Fsp3) is 0.571. The summed E-state index contributed by atoms with van der Waals surface area (Å²) in [5.74, 6) is 0.975. The number of rotatable bonds is 6. The van der Waals surface area contributed by atoms with E-state index < -0.39 is 0 Å². The zero-order chi connectivity index (χ0) is 20.3. The van der Waals surface area contributed by atoms with Crippen molar-refractivity contribution in [1.82, 2.24) is 19.4 Å². The van der Waals surface area contributed by atoms with Crippen molar-refractivity contribution in [2.75, 3.05) is 39.9 Å². The van der Waals surface area contributed by atoms with E-state index in [-0.39, 0.29) is 23.4 Å². The molecule has 0 saturated carbocycles. The number of amides is 1.